The lowest BCUT2D eigenvalue weighted by molar-refractivity contribution is -0.128. The smallest absolute Gasteiger partial charge is 0.324 e. The highest BCUT2D eigenvalue weighted by Gasteiger charge is 2.50. The lowest BCUT2D eigenvalue weighted by Gasteiger charge is -2.23. The molecule has 1 aromatic carbocycles. The van der Waals surface area contributed by atoms with Crippen LogP contribution in [0.1, 0.15) is 18.0 Å². The first-order valence-electron chi connectivity index (χ1n) is 11.1. The van der Waals surface area contributed by atoms with Gasteiger partial charge in [-0.15, -0.1) is 0 Å². The highest BCUT2D eigenvalue weighted by atomic mass is 35.5. The van der Waals surface area contributed by atoms with E-state index >= 15 is 0 Å². The Morgan fingerprint density at radius 2 is 1.89 bits per heavy atom. The average molecular weight is 502 g/mol. The number of carbonyl (C=O) groups excluding carboxylic acids is 2. The molecule has 1 saturated heterocycles. The summed E-state index contributed by atoms with van der Waals surface area (Å²) in [6, 6.07) is 7.05. The van der Waals surface area contributed by atoms with Crippen LogP contribution in [0, 0.1) is 0 Å². The van der Waals surface area contributed by atoms with Crippen LogP contribution < -0.4 is 10.6 Å². The van der Waals surface area contributed by atoms with Gasteiger partial charge < -0.3 is 30.5 Å². The van der Waals surface area contributed by atoms with Gasteiger partial charge >= 0.3 is 6.03 Å². The molecule has 2 aliphatic rings. The van der Waals surface area contributed by atoms with Gasteiger partial charge in [0.05, 0.1) is 37.6 Å². The van der Waals surface area contributed by atoms with Crippen LogP contribution in [0.4, 0.5) is 10.6 Å². The molecular weight excluding hydrogens is 478 g/mol. The Balaban J connectivity index is 1.43. The summed E-state index contributed by atoms with van der Waals surface area (Å²) in [5.41, 5.74) is 1.69. The van der Waals surface area contributed by atoms with Gasteiger partial charge in [-0.3, -0.25) is 9.69 Å². The Morgan fingerprint density at radius 1 is 1.14 bits per heavy atom. The van der Waals surface area contributed by atoms with Crippen molar-refractivity contribution in [3.8, 4) is 0 Å². The molecule has 184 valence electrons. The number of urea groups is 1. The van der Waals surface area contributed by atoms with Crippen LogP contribution in [0.2, 0.25) is 5.28 Å². The van der Waals surface area contributed by atoms with Crippen LogP contribution in [0.3, 0.4) is 0 Å². The third kappa shape index (κ3) is 4.29. The Hall–Kier alpha value is -3.32. The van der Waals surface area contributed by atoms with Crippen molar-refractivity contribution in [2.75, 3.05) is 18.5 Å². The molecule has 3 heterocycles. The zero-order valence-corrected chi connectivity index (χ0v) is 19.2. The third-order valence-corrected chi connectivity index (χ3v) is 6.64. The minimum Gasteiger partial charge on any atom is -0.394 e. The molecule has 12 nitrogen and oxygen atoms in total. The molecule has 1 aliphatic carbocycles. The monoisotopic (exact) mass is 501 g/mol. The van der Waals surface area contributed by atoms with Gasteiger partial charge in [0.1, 0.15) is 12.2 Å². The molecule has 13 heteroatoms. The van der Waals surface area contributed by atoms with Crippen molar-refractivity contribution in [1.82, 2.24) is 29.7 Å². The maximum absolute atomic E-state index is 12.1. The summed E-state index contributed by atoms with van der Waals surface area (Å²) in [7, 11) is 0. The molecule has 2 fully saturated rings. The predicted molar refractivity (Wildman–Crippen MR) is 125 cm³/mol. The molecule has 0 bridgehead atoms. The summed E-state index contributed by atoms with van der Waals surface area (Å²) in [6.07, 6.45) is -0.551. The number of fused-ring (bicyclic) bond motifs is 1. The molecule has 5 rings (SSSR count). The van der Waals surface area contributed by atoms with Crippen LogP contribution in [-0.2, 0) is 11.2 Å². The van der Waals surface area contributed by atoms with Gasteiger partial charge in [0, 0.05) is 0 Å². The lowest BCUT2D eigenvalue weighted by Crippen LogP contribution is -2.46. The zero-order valence-electron chi connectivity index (χ0n) is 18.5. The van der Waals surface area contributed by atoms with Crippen LogP contribution in [0.15, 0.2) is 36.7 Å². The molecule has 0 radical (unpaired) electrons. The number of rotatable bonds is 7. The molecule has 3 aromatic rings. The topological polar surface area (TPSA) is 166 Å². The van der Waals surface area contributed by atoms with E-state index in [-0.39, 0.29) is 30.9 Å². The first kappa shape index (κ1) is 23.4. The molecule has 0 unspecified atom stereocenters. The second kappa shape index (κ2) is 9.38. The van der Waals surface area contributed by atoms with Crippen molar-refractivity contribution < 1.29 is 24.9 Å². The van der Waals surface area contributed by atoms with Gasteiger partial charge in [-0.25, -0.2) is 9.78 Å². The number of imide groups is 1. The van der Waals surface area contributed by atoms with E-state index in [1.807, 2.05) is 30.3 Å². The SMILES string of the molecule is O=C1CNC(=O)N1[C@H]1C[C@@H](n2cnc3c(N[C@H](CO)Cc4ccccc4)nc(Cl)nc32)[C@H](O)[C@@H]1O. The number of nitrogens with zero attached hydrogens (tertiary/aromatic N) is 5. The number of aromatic nitrogens is 4. The van der Waals surface area contributed by atoms with Gasteiger partial charge in [-0.1, -0.05) is 30.3 Å². The molecule has 35 heavy (non-hydrogen) atoms. The Morgan fingerprint density at radius 3 is 2.57 bits per heavy atom. The molecule has 5 atom stereocenters. The van der Waals surface area contributed by atoms with Crippen LogP contribution >= 0.6 is 11.6 Å². The van der Waals surface area contributed by atoms with Crippen LogP contribution in [-0.4, -0.2) is 89.1 Å². The largest absolute Gasteiger partial charge is 0.394 e. The minimum absolute atomic E-state index is 0.0724. The number of carbonyl (C=O) groups is 2. The highest BCUT2D eigenvalue weighted by Crippen LogP contribution is 2.37. The quantitative estimate of drug-likeness (QED) is 0.222. The third-order valence-electron chi connectivity index (χ3n) is 6.47. The summed E-state index contributed by atoms with van der Waals surface area (Å²) in [6.45, 7) is -0.316. The number of anilines is 1. The van der Waals surface area contributed by atoms with E-state index in [0.717, 1.165) is 10.5 Å². The minimum atomic E-state index is -1.34. The fourth-order valence-electron chi connectivity index (χ4n) is 4.77. The summed E-state index contributed by atoms with van der Waals surface area (Å²) >= 11 is 6.20. The van der Waals surface area contributed by atoms with E-state index in [2.05, 4.69) is 25.6 Å². The Kier molecular flexibility index (Phi) is 6.28. The Labute approximate surface area is 204 Å². The number of hydrogen-bond acceptors (Lipinski definition) is 9. The number of halogens is 1. The first-order valence-corrected chi connectivity index (χ1v) is 11.5. The number of benzene rings is 1. The van der Waals surface area contributed by atoms with Gasteiger partial charge in [-0.05, 0) is 30.0 Å². The van der Waals surface area contributed by atoms with Crippen LogP contribution in [0.25, 0.3) is 11.2 Å². The van der Waals surface area contributed by atoms with E-state index < -0.39 is 36.2 Å². The second-order valence-electron chi connectivity index (χ2n) is 8.65. The number of amides is 3. The van der Waals surface area contributed by atoms with Gasteiger partial charge in [0.15, 0.2) is 17.0 Å². The van der Waals surface area contributed by atoms with Crippen molar-refractivity contribution in [1.29, 1.82) is 0 Å². The Bertz CT molecular complexity index is 1240. The van der Waals surface area contributed by atoms with Crippen molar-refractivity contribution >= 4 is 40.5 Å². The van der Waals surface area contributed by atoms with Crippen molar-refractivity contribution in [2.24, 2.45) is 0 Å². The summed E-state index contributed by atoms with van der Waals surface area (Å²) < 4.78 is 1.56. The number of imidazole rings is 1. The van der Waals surface area contributed by atoms with Gasteiger partial charge in [0.2, 0.25) is 11.2 Å². The van der Waals surface area contributed by atoms with Crippen LogP contribution in [0.5, 0.6) is 0 Å². The molecular formula is C22H24ClN7O5. The van der Waals surface area contributed by atoms with E-state index in [1.54, 1.807) is 4.57 Å². The number of aliphatic hydroxyl groups excluding tert-OH is 3. The van der Waals surface area contributed by atoms with Crippen molar-refractivity contribution in [3.05, 3.63) is 47.5 Å². The van der Waals surface area contributed by atoms with E-state index in [9.17, 15) is 24.9 Å². The number of aliphatic hydroxyl groups is 3. The normalized spacial score (nSPS) is 25.3. The highest BCUT2D eigenvalue weighted by molar-refractivity contribution is 6.28. The number of hydrogen-bond donors (Lipinski definition) is 5. The molecule has 1 aliphatic heterocycles. The van der Waals surface area contributed by atoms with Gasteiger partial charge in [-0.2, -0.15) is 9.97 Å². The van der Waals surface area contributed by atoms with Crippen molar-refractivity contribution in [3.63, 3.8) is 0 Å². The fourth-order valence-corrected chi connectivity index (χ4v) is 4.94. The molecule has 0 spiro atoms. The molecule has 1 saturated carbocycles. The average Bonchev–Trinajstić information content (AvgIpc) is 3.50. The second-order valence-corrected chi connectivity index (χ2v) is 8.99. The standard InChI is InChI=1S/C22H24ClN7O5/c23-21-27-19(26-12(9-31)6-11-4-2-1-3-5-11)16-20(28-21)29(10-25-16)13-7-14(18(34)17(13)33)30-15(32)8-24-22(30)35/h1-5,10,12-14,17-18,31,33-34H,6-9H2,(H,24,35)(H,26,27,28)/t12-,13+,14-,17-,18+/m0/s1. The molecule has 2 aromatic heterocycles. The summed E-state index contributed by atoms with van der Waals surface area (Å²) in [5, 5.41) is 36.9. The lowest BCUT2D eigenvalue weighted by atomic mass is 10.1. The van der Waals surface area contributed by atoms with Crippen molar-refractivity contribution in [2.45, 2.75) is 43.2 Å². The molecule has 3 amide bonds. The van der Waals surface area contributed by atoms with Gasteiger partial charge in [0.25, 0.3) is 0 Å². The molecule has 5 N–H and O–H groups in total. The van der Waals surface area contributed by atoms with E-state index in [1.165, 1.54) is 6.33 Å². The summed E-state index contributed by atoms with van der Waals surface area (Å²) in [5.74, 6) is -0.153. The number of nitrogens with one attached hydrogen (secondary N) is 2. The first-order chi connectivity index (χ1) is 16.9. The maximum Gasteiger partial charge on any atom is 0.324 e. The summed E-state index contributed by atoms with van der Waals surface area (Å²) in [4.78, 5) is 38.1. The fraction of sp³-hybridized carbons (Fsp3) is 0.409. The van der Waals surface area contributed by atoms with E-state index in [4.69, 9.17) is 11.6 Å². The predicted octanol–water partition coefficient (Wildman–Crippen LogP) is 0.0822. The van der Waals surface area contributed by atoms with E-state index in [0.29, 0.717) is 23.4 Å². The maximum atomic E-state index is 12.1. The zero-order chi connectivity index (χ0) is 24.7.